The van der Waals surface area contributed by atoms with Gasteiger partial charge in [-0.2, -0.15) is 0 Å². The number of aromatic hydroxyl groups is 1. The van der Waals surface area contributed by atoms with E-state index < -0.39 is 23.5 Å². The van der Waals surface area contributed by atoms with Gasteiger partial charge in [-0.15, -0.1) is 0 Å². The lowest BCUT2D eigenvalue weighted by Crippen LogP contribution is -2.42. The van der Waals surface area contributed by atoms with Crippen LogP contribution in [0.15, 0.2) is 42.0 Å². The van der Waals surface area contributed by atoms with Crippen LogP contribution >= 0.6 is 34.8 Å². The van der Waals surface area contributed by atoms with Crippen molar-refractivity contribution in [1.29, 1.82) is 0 Å². The van der Waals surface area contributed by atoms with E-state index in [0.717, 1.165) is 13.1 Å². The van der Waals surface area contributed by atoms with Crippen LogP contribution < -0.4 is 0 Å². The van der Waals surface area contributed by atoms with Crippen LogP contribution in [0, 0.1) is 0 Å². The molecule has 0 aliphatic carbocycles. The Morgan fingerprint density at radius 1 is 1.00 bits per heavy atom. The molecule has 2 saturated heterocycles. The zero-order valence-electron chi connectivity index (χ0n) is 17.4. The summed E-state index contributed by atoms with van der Waals surface area (Å²) in [6, 6.07) is 7.95. The maximum absolute atomic E-state index is 13.1. The number of hydrogen-bond donors (Lipinski definition) is 2. The molecule has 174 valence electrons. The number of hydrogen-bond acceptors (Lipinski definition) is 6. The minimum absolute atomic E-state index is 0.0428. The Balaban J connectivity index is 1.79. The molecule has 0 bridgehead atoms. The number of Topliss-reactive ketones (excluding diaryl/α,β-unsaturated/α-hetero) is 1. The number of rotatable bonds is 5. The normalized spacial score (nSPS) is 21.1. The summed E-state index contributed by atoms with van der Waals surface area (Å²) in [7, 11) is 0. The molecular formula is C23H21Cl3N2O5. The van der Waals surface area contributed by atoms with Crippen molar-refractivity contribution >= 4 is 52.3 Å². The van der Waals surface area contributed by atoms with Gasteiger partial charge in [0, 0.05) is 31.2 Å². The average molecular weight is 512 g/mol. The molecule has 0 saturated carbocycles. The van der Waals surface area contributed by atoms with Gasteiger partial charge in [0.2, 0.25) is 0 Å². The molecule has 1 unspecified atom stereocenters. The number of halogens is 3. The number of phenolic OH excluding ortho intramolecular Hbond substituents is 1. The quantitative estimate of drug-likeness (QED) is 0.357. The van der Waals surface area contributed by atoms with E-state index in [-0.39, 0.29) is 33.5 Å². The minimum atomic E-state index is -0.917. The molecule has 2 aliphatic rings. The number of ketones is 1. The van der Waals surface area contributed by atoms with Gasteiger partial charge >= 0.3 is 0 Å². The molecule has 2 fully saturated rings. The SMILES string of the molecule is O=C1C(=O)N(CCN2CCOCC2)C(c2ccc(Cl)c(Cl)c2)/C1=C(\O)c1cc(Cl)ccc1O. The fourth-order valence-electron chi connectivity index (χ4n) is 4.06. The Hall–Kier alpha value is -2.29. The number of benzene rings is 2. The predicted octanol–water partition coefficient (Wildman–Crippen LogP) is 4.11. The highest BCUT2D eigenvalue weighted by Crippen LogP contribution is 2.42. The first kappa shape index (κ1) is 23.9. The molecule has 33 heavy (non-hydrogen) atoms. The number of morpholine rings is 1. The number of aliphatic hydroxyl groups excluding tert-OH is 1. The third-order valence-electron chi connectivity index (χ3n) is 5.77. The van der Waals surface area contributed by atoms with Crippen LogP contribution in [0.2, 0.25) is 15.1 Å². The number of aliphatic hydroxyl groups is 1. The summed E-state index contributed by atoms with van der Waals surface area (Å²) in [5, 5.41) is 22.2. The van der Waals surface area contributed by atoms with Gasteiger partial charge in [-0.3, -0.25) is 14.5 Å². The molecule has 1 atom stereocenters. The van der Waals surface area contributed by atoms with E-state index in [9.17, 15) is 19.8 Å². The lowest BCUT2D eigenvalue weighted by Gasteiger charge is -2.31. The van der Waals surface area contributed by atoms with Crippen LogP contribution in [-0.4, -0.2) is 71.1 Å². The van der Waals surface area contributed by atoms with Crippen molar-refractivity contribution in [3.05, 3.63) is 68.2 Å². The van der Waals surface area contributed by atoms with E-state index in [1.165, 1.54) is 23.1 Å². The maximum atomic E-state index is 13.1. The number of carbonyl (C=O) groups is 2. The number of phenols is 1. The van der Waals surface area contributed by atoms with E-state index in [2.05, 4.69) is 4.90 Å². The fourth-order valence-corrected chi connectivity index (χ4v) is 4.54. The van der Waals surface area contributed by atoms with Crippen LogP contribution in [0.25, 0.3) is 5.76 Å². The number of amides is 1. The molecule has 0 aromatic heterocycles. The average Bonchev–Trinajstić information content (AvgIpc) is 3.06. The van der Waals surface area contributed by atoms with Crippen LogP contribution in [0.1, 0.15) is 17.2 Å². The number of carbonyl (C=O) groups excluding carboxylic acids is 2. The molecule has 2 aromatic carbocycles. The van der Waals surface area contributed by atoms with Crippen molar-refractivity contribution in [3.63, 3.8) is 0 Å². The van der Waals surface area contributed by atoms with Gasteiger partial charge in [0.25, 0.3) is 11.7 Å². The Morgan fingerprint density at radius 2 is 1.73 bits per heavy atom. The van der Waals surface area contributed by atoms with E-state index in [1.54, 1.807) is 18.2 Å². The zero-order chi connectivity index (χ0) is 23.7. The first-order valence-electron chi connectivity index (χ1n) is 10.3. The Kier molecular flexibility index (Phi) is 7.16. The largest absolute Gasteiger partial charge is 0.507 e. The first-order valence-corrected chi connectivity index (χ1v) is 11.4. The summed E-state index contributed by atoms with van der Waals surface area (Å²) < 4.78 is 5.36. The maximum Gasteiger partial charge on any atom is 0.295 e. The van der Waals surface area contributed by atoms with Gasteiger partial charge in [-0.25, -0.2) is 0 Å². The van der Waals surface area contributed by atoms with E-state index in [4.69, 9.17) is 39.5 Å². The zero-order valence-corrected chi connectivity index (χ0v) is 19.7. The lowest BCUT2D eigenvalue weighted by molar-refractivity contribution is -0.140. The van der Waals surface area contributed by atoms with Gasteiger partial charge in [-0.1, -0.05) is 40.9 Å². The highest BCUT2D eigenvalue weighted by molar-refractivity contribution is 6.47. The molecule has 2 N–H and O–H groups in total. The van der Waals surface area contributed by atoms with Crippen molar-refractivity contribution in [2.45, 2.75) is 6.04 Å². The van der Waals surface area contributed by atoms with Crippen LogP contribution in [-0.2, 0) is 14.3 Å². The minimum Gasteiger partial charge on any atom is -0.507 e. The van der Waals surface area contributed by atoms with Gasteiger partial charge in [0.1, 0.15) is 11.5 Å². The van der Waals surface area contributed by atoms with E-state index in [0.29, 0.717) is 30.3 Å². The lowest BCUT2D eigenvalue weighted by atomic mass is 9.95. The predicted molar refractivity (Wildman–Crippen MR) is 126 cm³/mol. The number of likely N-dealkylation sites (tertiary alicyclic amines) is 1. The van der Waals surface area contributed by atoms with Crippen LogP contribution in [0.4, 0.5) is 0 Å². The summed E-state index contributed by atoms with van der Waals surface area (Å²) in [6.45, 7) is 3.41. The number of ether oxygens (including phenoxy) is 1. The van der Waals surface area contributed by atoms with Gasteiger partial charge in [0.05, 0.1) is 40.4 Å². The van der Waals surface area contributed by atoms with E-state index in [1.807, 2.05) is 0 Å². The van der Waals surface area contributed by atoms with E-state index >= 15 is 0 Å². The van der Waals surface area contributed by atoms with Gasteiger partial charge in [-0.05, 0) is 35.9 Å². The summed E-state index contributed by atoms with van der Waals surface area (Å²) in [4.78, 5) is 29.7. The second kappa shape index (κ2) is 9.91. The molecule has 2 aliphatic heterocycles. The number of nitrogens with zero attached hydrogens (tertiary/aromatic N) is 2. The first-order chi connectivity index (χ1) is 15.8. The van der Waals surface area contributed by atoms with Crippen molar-refractivity contribution in [3.8, 4) is 5.75 Å². The smallest absolute Gasteiger partial charge is 0.295 e. The monoisotopic (exact) mass is 510 g/mol. The van der Waals surface area contributed by atoms with Gasteiger partial charge in [0.15, 0.2) is 0 Å². The Bertz CT molecular complexity index is 1130. The summed E-state index contributed by atoms with van der Waals surface area (Å²) in [5.74, 6) is -2.39. The molecular weight excluding hydrogens is 491 g/mol. The molecule has 0 spiro atoms. The standard InChI is InChI=1S/C23H21Cl3N2O5/c24-14-2-4-18(29)15(12-14)21(30)19-20(13-1-3-16(25)17(26)11-13)28(23(32)22(19)31)6-5-27-7-9-33-10-8-27/h1-4,11-12,20,29-30H,5-10H2/b21-19+. The molecule has 2 heterocycles. The molecule has 2 aromatic rings. The molecule has 0 radical (unpaired) electrons. The van der Waals surface area contributed by atoms with Crippen molar-refractivity contribution in [2.75, 3.05) is 39.4 Å². The Morgan fingerprint density at radius 3 is 2.42 bits per heavy atom. The van der Waals surface area contributed by atoms with Crippen LogP contribution in [0.3, 0.4) is 0 Å². The third kappa shape index (κ3) is 4.83. The molecule has 4 rings (SSSR count). The Labute approximate surface area is 205 Å². The van der Waals surface area contributed by atoms with Crippen LogP contribution in [0.5, 0.6) is 5.75 Å². The van der Waals surface area contributed by atoms with Gasteiger partial charge < -0.3 is 19.8 Å². The fraction of sp³-hybridized carbons (Fsp3) is 0.304. The molecule has 7 nitrogen and oxygen atoms in total. The summed E-state index contributed by atoms with van der Waals surface area (Å²) >= 11 is 18.3. The second-order valence-corrected chi connectivity index (χ2v) is 9.03. The third-order valence-corrected chi connectivity index (χ3v) is 6.75. The van der Waals surface area contributed by atoms with Crippen molar-refractivity contribution in [1.82, 2.24) is 9.80 Å². The highest BCUT2D eigenvalue weighted by atomic mass is 35.5. The second-order valence-electron chi connectivity index (χ2n) is 7.78. The topological polar surface area (TPSA) is 90.3 Å². The van der Waals surface area contributed by atoms with Crippen molar-refractivity contribution in [2.24, 2.45) is 0 Å². The molecule has 1 amide bonds. The molecule has 10 heteroatoms. The summed E-state index contributed by atoms with van der Waals surface area (Å²) in [5.41, 5.74) is 0.310. The highest BCUT2D eigenvalue weighted by Gasteiger charge is 2.46. The summed E-state index contributed by atoms with van der Waals surface area (Å²) in [6.07, 6.45) is 0. The van der Waals surface area contributed by atoms with Crippen molar-refractivity contribution < 1.29 is 24.5 Å².